The average Bonchev–Trinajstić information content (AvgIpc) is 2.79. The number of ether oxygens (including phenoxy) is 3. The predicted molar refractivity (Wildman–Crippen MR) is 71.9 cm³/mol. The second-order valence-corrected chi connectivity index (χ2v) is 5.00. The molecule has 0 spiro atoms. The number of aldehydes is 1. The maximum atomic E-state index is 10.8. The highest BCUT2D eigenvalue weighted by atomic mass is 79.9. The Morgan fingerprint density at radius 3 is 2.89 bits per heavy atom. The lowest BCUT2D eigenvalue weighted by atomic mass is 10.2. The van der Waals surface area contributed by atoms with Gasteiger partial charge in [-0.25, -0.2) is 0 Å². The normalized spacial score (nSPS) is 22.3. The molecule has 0 radical (unpaired) electrons. The summed E-state index contributed by atoms with van der Waals surface area (Å²) in [6, 6.07) is 3.26. The molecule has 0 amide bonds. The summed E-state index contributed by atoms with van der Waals surface area (Å²) in [4.78, 5) is 10.8. The first-order valence-corrected chi connectivity index (χ1v) is 6.79. The first kappa shape index (κ1) is 14.3. The zero-order valence-corrected chi connectivity index (χ0v) is 12.1. The summed E-state index contributed by atoms with van der Waals surface area (Å²) >= 11 is 3.35. The molecule has 2 rings (SSSR count). The molecular weight excluding hydrogens is 316 g/mol. The molecule has 6 heteroatoms. The Morgan fingerprint density at radius 2 is 2.32 bits per heavy atom. The summed E-state index contributed by atoms with van der Waals surface area (Å²) in [7, 11) is 0. The van der Waals surface area contributed by atoms with Crippen molar-refractivity contribution in [3.05, 3.63) is 22.2 Å². The topological polar surface area (TPSA) is 65.0 Å². The molecule has 1 aliphatic rings. The molecule has 1 aromatic rings. The molecule has 1 heterocycles. The molecule has 1 aromatic carbocycles. The first-order chi connectivity index (χ1) is 9.15. The van der Waals surface area contributed by atoms with E-state index in [0.29, 0.717) is 34.7 Å². The number of rotatable bonds is 5. The van der Waals surface area contributed by atoms with Crippen molar-refractivity contribution in [1.29, 1.82) is 0 Å². The summed E-state index contributed by atoms with van der Waals surface area (Å²) in [5.74, 6) is 0.945. The predicted octanol–water partition coefficient (Wildman–Crippen LogP) is 1.80. The number of hydrogen-bond acceptors (Lipinski definition) is 5. The van der Waals surface area contributed by atoms with Crippen molar-refractivity contribution in [3.63, 3.8) is 0 Å². The average molecular weight is 331 g/mol. The van der Waals surface area contributed by atoms with Crippen LogP contribution < -0.4 is 9.47 Å². The van der Waals surface area contributed by atoms with Crippen LogP contribution in [0.25, 0.3) is 0 Å². The van der Waals surface area contributed by atoms with Gasteiger partial charge in [0.15, 0.2) is 17.6 Å². The van der Waals surface area contributed by atoms with Gasteiger partial charge < -0.3 is 19.3 Å². The Bertz CT molecular complexity index is 463. The van der Waals surface area contributed by atoms with E-state index in [4.69, 9.17) is 14.2 Å². The van der Waals surface area contributed by atoms with E-state index in [-0.39, 0.29) is 6.61 Å². The number of halogens is 1. The Hall–Kier alpha value is -1.11. The van der Waals surface area contributed by atoms with Gasteiger partial charge in [-0.1, -0.05) is 0 Å². The fourth-order valence-electron chi connectivity index (χ4n) is 1.82. The molecule has 0 saturated carbocycles. The van der Waals surface area contributed by atoms with Crippen LogP contribution in [-0.4, -0.2) is 43.4 Å². The second kappa shape index (κ2) is 6.36. The fourth-order valence-corrected chi connectivity index (χ4v) is 2.37. The van der Waals surface area contributed by atoms with Gasteiger partial charge in [0.1, 0.15) is 12.4 Å². The van der Waals surface area contributed by atoms with Crippen LogP contribution in [0.2, 0.25) is 0 Å². The van der Waals surface area contributed by atoms with E-state index < -0.39 is 12.2 Å². The van der Waals surface area contributed by atoms with Crippen molar-refractivity contribution < 1.29 is 24.1 Å². The van der Waals surface area contributed by atoms with Gasteiger partial charge in [-0.2, -0.15) is 0 Å². The van der Waals surface area contributed by atoms with E-state index >= 15 is 0 Å². The Morgan fingerprint density at radius 1 is 1.53 bits per heavy atom. The third kappa shape index (κ3) is 3.26. The van der Waals surface area contributed by atoms with Crippen LogP contribution in [0.1, 0.15) is 17.3 Å². The van der Waals surface area contributed by atoms with Crippen LogP contribution in [0.15, 0.2) is 16.6 Å². The zero-order valence-electron chi connectivity index (χ0n) is 10.5. The minimum absolute atomic E-state index is 0.263. The van der Waals surface area contributed by atoms with Crippen LogP contribution in [0, 0.1) is 0 Å². The van der Waals surface area contributed by atoms with Gasteiger partial charge >= 0.3 is 0 Å². The number of hydrogen-bond donors (Lipinski definition) is 1. The van der Waals surface area contributed by atoms with Gasteiger partial charge in [0.05, 0.1) is 24.3 Å². The largest absolute Gasteiger partial charge is 0.490 e. The molecule has 0 aliphatic carbocycles. The Balaban J connectivity index is 2.29. The lowest BCUT2D eigenvalue weighted by molar-refractivity contribution is 0.0705. The van der Waals surface area contributed by atoms with Gasteiger partial charge in [-0.05, 0) is 35.0 Å². The Labute approximate surface area is 119 Å². The van der Waals surface area contributed by atoms with Crippen LogP contribution in [-0.2, 0) is 4.74 Å². The summed E-state index contributed by atoms with van der Waals surface area (Å²) < 4.78 is 17.0. The highest BCUT2D eigenvalue weighted by Crippen LogP contribution is 2.38. The summed E-state index contributed by atoms with van der Waals surface area (Å²) in [5.41, 5.74) is 0.492. The molecule has 104 valence electrons. The van der Waals surface area contributed by atoms with Crippen LogP contribution in [0.5, 0.6) is 11.5 Å². The number of aliphatic hydroxyl groups excluding tert-OH is 1. The molecular formula is C13H15BrO5. The molecule has 1 N–H and O–H groups in total. The summed E-state index contributed by atoms with van der Waals surface area (Å²) in [6.45, 7) is 2.89. The van der Waals surface area contributed by atoms with E-state index in [0.717, 1.165) is 6.29 Å². The number of benzene rings is 1. The molecule has 0 aromatic heterocycles. The van der Waals surface area contributed by atoms with E-state index in [1.165, 1.54) is 0 Å². The molecule has 2 atom stereocenters. The third-order valence-corrected chi connectivity index (χ3v) is 3.33. The molecule has 19 heavy (non-hydrogen) atoms. The van der Waals surface area contributed by atoms with E-state index in [1.807, 2.05) is 6.92 Å². The van der Waals surface area contributed by atoms with Crippen molar-refractivity contribution in [2.24, 2.45) is 0 Å². The molecule has 1 aliphatic heterocycles. The van der Waals surface area contributed by atoms with Crippen molar-refractivity contribution in [1.82, 2.24) is 0 Å². The van der Waals surface area contributed by atoms with Gasteiger partial charge in [0.2, 0.25) is 0 Å². The number of carbonyl (C=O) groups is 1. The lowest BCUT2D eigenvalue weighted by Gasteiger charge is -2.19. The van der Waals surface area contributed by atoms with Crippen molar-refractivity contribution in [3.8, 4) is 11.5 Å². The monoisotopic (exact) mass is 330 g/mol. The Kier molecular flexibility index (Phi) is 4.79. The molecule has 1 fully saturated rings. The van der Waals surface area contributed by atoms with Crippen LogP contribution in [0.4, 0.5) is 0 Å². The summed E-state index contributed by atoms with van der Waals surface area (Å²) in [5, 5.41) is 9.70. The van der Waals surface area contributed by atoms with Crippen LogP contribution >= 0.6 is 15.9 Å². The maximum Gasteiger partial charge on any atom is 0.176 e. The van der Waals surface area contributed by atoms with Gasteiger partial charge in [-0.15, -0.1) is 0 Å². The highest BCUT2D eigenvalue weighted by molar-refractivity contribution is 9.10. The van der Waals surface area contributed by atoms with Gasteiger partial charge in [0.25, 0.3) is 0 Å². The zero-order chi connectivity index (χ0) is 13.8. The molecule has 5 nitrogen and oxygen atoms in total. The first-order valence-electron chi connectivity index (χ1n) is 5.99. The highest BCUT2D eigenvalue weighted by Gasteiger charge is 2.29. The van der Waals surface area contributed by atoms with E-state index in [9.17, 15) is 9.90 Å². The number of carbonyl (C=O) groups excluding carboxylic acids is 1. The maximum absolute atomic E-state index is 10.8. The molecule has 1 saturated heterocycles. The fraction of sp³-hybridized carbons (Fsp3) is 0.462. The minimum Gasteiger partial charge on any atom is -0.490 e. The van der Waals surface area contributed by atoms with Crippen molar-refractivity contribution >= 4 is 22.2 Å². The summed E-state index contributed by atoms with van der Waals surface area (Å²) in [6.07, 6.45) is -0.352. The smallest absolute Gasteiger partial charge is 0.176 e. The van der Waals surface area contributed by atoms with Crippen molar-refractivity contribution in [2.45, 2.75) is 19.1 Å². The van der Waals surface area contributed by atoms with Crippen LogP contribution in [0.3, 0.4) is 0 Å². The van der Waals surface area contributed by atoms with Gasteiger partial charge in [-0.3, -0.25) is 4.79 Å². The SMILES string of the molecule is CCOc1cc(C=O)cc(Br)c1OC1COCC1O. The van der Waals surface area contributed by atoms with E-state index in [2.05, 4.69) is 15.9 Å². The van der Waals surface area contributed by atoms with Crippen molar-refractivity contribution in [2.75, 3.05) is 19.8 Å². The quantitative estimate of drug-likeness (QED) is 0.834. The number of aliphatic hydroxyl groups is 1. The third-order valence-electron chi connectivity index (χ3n) is 2.74. The molecule has 0 bridgehead atoms. The standard InChI is InChI=1S/C13H15BrO5/c1-2-18-11-4-8(5-15)3-9(14)13(11)19-12-7-17-6-10(12)16/h3-5,10,12,16H,2,6-7H2,1H3. The minimum atomic E-state index is -0.660. The second-order valence-electron chi connectivity index (χ2n) is 4.14. The van der Waals surface area contributed by atoms with Gasteiger partial charge in [0, 0.05) is 5.56 Å². The van der Waals surface area contributed by atoms with E-state index in [1.54, 1.807) is 12.1 Å². The molecule has 2 unspecified atom stereocenters. The lowest BCUT2D eigenvalue weighted by Crippen LogP contribution is -2.30.